The van der Waals surface area contributed by atoms with Crippen LogP contribution in [0.1, 0.15) is 86.0 Å². The Bertz CT molecular complexity index is 716. The van der Waals surface area contributed by atoms with Crippen molar-refractivity contribution in [2.45, 2.75) is 92.1 Å². The van der Waals surface area contributed by atoms with E-state index in [0.717, 1.165) is 18.3 Å². The number of rotatable bonds is 4. The van der Waals surface area contributed by atoms with Gasteiger partial charge in [0.2, 0.25) is 0 Å². The molecule has 0 aromatic rings. The summed E-state index contributed by atoms with van der Waals surface area (Å²) in [5.41, 5.74) is 6.01. The standard InChI is InChI=1S/C27H45NO/c1-18(14-17-28(6)7)20-9-10-21-19-8-11-23-25(2,3)24(29)13-16-27(23,5)22(19)12-15-26(20,21)4/h10,18,20,23-24,29H,8-9,11-17H2,1-7H3/t18-,20-,23+,24+,26-,27-/m1/s1. The Hall–Kier alpha value is -0.600. The third-order valence-corrected chi connectivity index (χ3v) is 10.1. The molecule has 0 aromatic carbocycles. The van der Waals surface area contributed by atoms with Gasteiger partial charge in [-0.25, -0.2) is 0 Å². The number of hydrogen-bond acceptors (Lipinski definition) is 2. The van der Waals surface area contributed by atoms with Crippen molar-refractivity contribution in [1.82, 2.24) is 4.90 Å². The lowest BCUT2D eigenvalue weighted by molar-refractivity contribution is -0.0905. The molecule has 0 heterocycles. The van der Waals surface area contributed by atoms with E-state index < -0.39 is 0 Å². The van der Waals surface area contributed by atoms with Crippen LogP contribution in [0.15, 0.2) is 22.8 Å². The number of hydrogen-bond donors (Lipinski definition) is 1. The number of nitrogens with zero attached hydrogens (tertiary/aromatic N) is 1. The molecule has 0 spiro atoms. The Morgan fingerprint density at radius 2 is 1.79 bits per heavy atom. The minimum absolute atomic E-state index is 0.0412. The molecule has 0 radical (unpaired) electrons. The van der Waals surface area contributed by atoms with Crippen molar-refractivity contribution in [3.05, 3.63) is 22.8 Å². The number of allylic oxidation sites excluding steroid dienone is 4. The third-order valence-electron chi connectivity index (χ3n) is 10.1. The van der Waals surface area contributed by atoms with Crippen LogP contribution < -0.4 is 0 Å². The van der Waals surface area contributed by atoms with Gasteiger partial charge in [-0.1, -0.05) is 46.3 Å². The van der Waals surface area contributed by atoms with Crippen LogP contribution in [-0.2, 0) is 0 Å². The largest absolute Gasteiger partial charge is 0.393 e. The number of fused-ring (bicyclic) bond motifs is 4. The minimum atomic E-state index is -0.135. The summed E-state index contributed by atoms with van der Waals surface area (Å²) in [5.74, 6) is 2.22. The SMILES string of the molecule is C[C@H](CCN(C)C)[C@H]1CC=C2C3=C(CC[C@@]21C)[C@@]1(C)CC[C@H](O)C(C)(C)[C@@H]1CC3. The fraction of sp³-hybridized carbons (Fsp3) is 0.852. The van der Waals surface area contributed by atoms with Gasteiger partial charge in [-0.15, -0.1) is 0 Å². The molecular weight excluding hydrogens is 354 g/mol. The zero-order chi connectivity index (χ0) is 21.2. The highest BCUT2D eigenvalue weighted by Gasteiger charge is 2.57. The van der Waals surface area contributed by atoms with Gasteiger partial charge in [-0.2, -0.15) is 0 Å². The van der Waals surface area contributed by atoms with Crippen LogP contribution in [0.25, 0.3) is 0 Å². The molecule has 0 aromatic heterocycles. The van der Waals surface area contributed by atoms with E-state index in [1.165, 1.54) is 51.5 Å². The first-order valence-corrected chi connectivity index (χ1v) is 12.3. The van der Waals surface area contributed by atoms with Crippen molar-refractivity contribution >= 4 is 0 Å². The molecule has 1 saturated carbocycles. The van der Waals surface area contributed by atoms with E-state index in [-0.39, 0.29) is 11.5 Å². The van der Waals surface area contributed by atoms with E-state index >= 15 is 0 Å². The number of aliphatic hydroxyl groups excluding tert-OH is 1. The lowest BCUT2D eigenvalue weighted by Gasteiger charge is -2.59. The van der Waals surface area contributed by atoms with E-state index in [0.29, 0.717) is 16.7 Å². The van der Waals surface area contributed by atoms with Gasteiger partial charge < -0.3 is 10.0 Å². The lowest BCUT2D eigenvalue weighted by Crippen LogP contribution is -2.53. The molecule has 4 aliphatic rings. The van der Waals surface area contributed by atoms with Crippen molar-refractivity contribution in [1.29, 1.82) is 0 Å². The topological polar surface area (TPSA) is 23.5 Å². The highest BCUT2D eigenvalue weighted by atomic mass is 16.3. The van der Waals surface area contributed by atoms with Crippen LogP contribution in [0.4, 0.5) is 0 Å². The third kappa shape index (κ3) is 3.19. The maximum Gasteiger partial charge on any atom is 0.0594 e. The summed E-state index contributed by atoms with van der Waals surface area (Å²) in [7, 11) is 4.40. The first-order valence-electron chi connectivity index (χ1n) is 12.3. The molecule has 0 unspecified atom stereocenters. The molecule has 2 nitrogen and oxygen atoms in total. The summed E-state index contributed by atoms with van der Waals surface area (Å²) in [5, 5.41) is 10.7. The maximum absolute atomic E-state index is 10.7. The fourth-order valence-corrected chi connectivity index (χ4v) is 8.24. The summed E-state index contributed by atoms with van der Waals surface area (Å²) in [6.45, 7) is 13.5. The molecule has 1 fully saturated rings. The first-order chi connectivity index (χ1) is 13.5. The van der Waals surface area contributed by atoms with Crippen LogP contribution in [0.5, 0.6) is 0 Å². The van der Waals surface area contributed by atoms with Crippen molar-refractivity contribution < 1.29 is 5.11 Å². The van der Waals surface area contributed by atoms with Crippen LogP contribution >= 0.6 is 0 Å². The van der Waals surface area contributed by atoms with Crippen LogP contribution in [0.3, 0.4) is 0 Å². The Morgan fingerprint density at radius 3 is 2.48 bits per heavy atom. The normalized spacial score (nSPS) is 42.2. The zero-order valence-electron chi connectivity index (χ0n) is 20.1. The van der Waals surface area contributed by atoms with E-state index in [9.17, 15) is 5.11 Å². The van der Waals surface area contributed by atoms with Crippen molar-refractivity contribution in [2.75, 3.05) is 20.6 Å². The van der Waals surface area contributed by atoms with Gasteiger partial charge in [-0.05, 0) is 117 Å². The summed E-state index contributed by atoms with van der Waals surface area (Å²) in [6.07, 6.45) is 12.4. The highest BCUT2D eigenvalue weighted by molar-refractivity contribution is 5.49. The smallest absolute Gasteiger partial charge is 0.0594 e. The summed E-state index contributed by atoms with van der Waals surface area (Å²) in [4.78, 5) is 2.34. The van der Waals surface area contributed by atoms with Crippen molar-refractivity contribution in [2.24, 2.45) is 34.0 Å². The minimum Gasteiger partial charge on any atom is -0.393 e. The second kappa shape index (κ2) is 7.23. The van der Waals surface area contributed by atoms with E-state index in [1.54, 1.807) is 16.7 Å². The van der Waals surface area contributed by atoms with E-state index in [2.05, 4.69) is 59.7 Å². The molecule has 4 rings (SSSR count). The second-order valence-electron chi connectivity index (χ2n) is 12.3. The van der Waals surface area contributed by atoms with E-state index in [4.69, 9.17) is 0 Å². The first kappa shape index (κ1) is 21.6. The monoisotopic (exact) mass is 399 g/mol. The number of aliphatic hydroxyl groups is 1. The molecule has 0 amide bonds. The predicted octanol–water partition coefficient (Wildman–Crippen LogP) is 6.21. The van der Waals surface area contributed by atoms with Crippen LogP contribution in [0, 0.1) is 34.0 Å². The second-order valence-corrected chi connectivity index (χ2v) is 12.3. The van der Waals surface area contributed by atoms with Gasteiger partial charge in [0.15, 0.2) is 0 Å². The molecule has 0 aliphatic heterocycles. The molecule has 0 bridgehead atoms. The Morgan fingerprint density at radius 1 is 1.07 bits per heavy atom. The summed E-state index contributed by atoms with van der Waals surface area (Å²) in [6, 6.07) is 0. The van der Waals surface area contributed by atoms with Crippen LogP contribution in [0.2, 0.25) is 0 Å². The predicted molar refractivity (Wildman–Crippen MR) is 123 cm³/mol. The quantitative estimate of drug-likeness (QED) is 0.607. The average Bonchev–Trinajstić information content (AvgIpc) is 3.00. The molecule has 4 aliphatic carbocycles. The molecule has 6 atom stereocenters. The van der Waals surface area contributed by atoms with Gasteiger partial charge in [0.25, 0.3) is 0 Å². The maximum atomic E-state index is 10.7. The molecule has 1 N–H and O–H groups in total. The lowest BCUT2D eigenvalue weighted by atomic mass is 9.46. The molecule has 0 saturated heterocycles. The fourth-order valence-electron chi connectivity index (χ4n) is 8.24. The molecule has 2 heteroatoms. The molecular formula is C27H45NO. The van der Waals surface area contributed by atoms with Gasteiger partial charge >= 0.3 is 0 Å². The van der Waals surface area contributed by atoms with Gasteiger partial charge in [-0.3, -0.25) is 0 Å². The molecule has 164 valence electrons. The summed E-state index contributed by atoms with van der Waals surface area (Å²) < 4.78 is 0. The van der Waals surface area contributed by atoms with Crippen LogP contribution in [-0.4, -0.2) is 36.8 Å². The van der Waals surface area contributed by atoms with Gasteiger partial charge in [0.1, 0.15) is 0 Å². The van der Waals surface area contributed by atoms with Crippen molar-refractivity contribution in [3.63, 3.8) is 0 Å². The summed E-state index contributed by atoms with van der Waals surface area (Å²) >= 11 is 0. The van der Waals surface area contributed by atoms with Gasteiger partial charge in [0, 0.05) is 0 Å². The Balaban J connectivity index is 1.63. The molecule has 29 heavy (non-hydrogen) atoms. The Kier molecular flexibility index (Phi) is 5.39. The average molecular weight is 400 g/mol. The van der Waals surface area contributed by atoms with Crippen molar-refractivity contribution in [3.8, 4) is 0 Å². The highest BCUT2D eigenvalue weighted by Crippen LogP contribution is 2.66. The van der Waals surface area contributed by atoms with E-state index in [1.807, 2.05) is 0 Å². The van der Waals surface area contributed by atoms with Gasteiger partial charge in [0.05, 0.1) is 6.10 Å². The Labute approximate surface area is 179 Å². The zero-order valence-corrected chi connectivity index (χ0v) is 20.1.